The minimum absolute atomic E-state index is 0.0251. The van der Waals surface area contributed by atoms with E-state index in [1.807, 2.05) is 44.2 Å². The van der Waals surface area contributed by atoms with Crippen molar-refractivity contribution in [1.82, 2.24) is 61.1 Å². The lowest BCUT2D eigenvalue weighted by atomic mass is 9.71. The molecule has 0 aliphatic heterocycles. The number of thiazole rings is 2. The van der Waals surface area contributed by atoms with Crippen LogP contribution in [0.15, 0.2) is 279 Å². The number of hydrogen-bond donors (Lipinski definition) is 6. The number of carbonyl (C=O) groups excluding carboxylic acids is 6. The Bertz CT molecular complexity index is 6820. The fraction of sp³-hybridized carbons (Fsp3) is 0.243. The third-order valence-corrected chi connectivity index (χ3v) is 24.5. The van der Waals surface area contributed by atoms with Gasteiger partial charge in [-0.15, -0.1) is 22.7 Å². The maximum atomic E-state index is 13.2. The first kappa shape index (κ1) is 111. The Labute approximate surface area is 864 Å². The summed E-state index contributed by atoms with van der Waals surface area (Å²) in [7, 11) is 0. The van der Waals surface area contributed by atoms with Gasteiger partial charge in [0.15, 0.2) is 10.3 Å². The van der Waals surface area contributed by atoms with Crippen molar-refractivity contribution in [3.8, 4) is 34.5 Å². The van der Waals surface area contributed by atoms with Gasteiger partial charge in [0.1, 0.15) is 138 Å². The Morgan fingerprint density at radius 1 is 0.313 bits per heavy atom. The molecule has 8 aromatic heterocycles. The largest absolute Gasteiger partial charge is 0.487 e. The Kier molecular flexibility index (Phi) is 41.3. The van der Waals surface area contributed by atoms with Crippen molar-refractivity contribution in [2.24, 2.45) is 5.92 Å². The number of rotatable bonds is 32. The first-order chi connectivity index (χ1) is 72.4. The van der Waals surface area contributed by atoms with Crippen molar-refractivity contribution >= 4 is 68.4 Å². The molecule has 26 nitrogen and oxygen atoms in total. The molecule has 8 heterocycles. The van der Waals surface area contributed by atoms with Crippen LogP contribution in [0.1, 0.15) is 206 Å². The molecule has 6 amide bonds. The first-order valence-corrected chi connectivity index (χ1v) is 49.4. The highest BCUT2D eigenvalue weighted by Crippen LogP contribution is 2.42. The van der Waals surface area contributed by atoms with Crippen LogP contribution in [0.2, 0.25) is 0 Å². The van der Waals surface area contributed by atoms with E-state index in [-0.39, 0.29) is 133 Å². The average molecular weight is 2100 g/mol. The molecule has 39 heteroatoms. The van der Waals surface area contributed by atoms with Crippen LogP contribution in [0, 0.1) is 69.9 Å². The quantitative estimate of drug-likeness (QED) is 0.0213. The van der Waals surface area contributed by atoms with Crippen molar-refractivity contribution in [3.63, 3.8) is 0 Å². The summed E-state index contributed by atoms with van der Waals surface area (Å²) in [6.45, 7) is 6.22. The van der Waals surface area contributed by atoms with E-state index in [2.05, 4.69) is 78.7 Å². The van der Waals surface area contributed by atoms with Gasteiger partial charge < -0.3 is 49.7 Å². The fourth-order valence-electron chi connectivity index (χ4n) is 15.3. The SMILES string of the molecule is CC(C)NC(=O)c1ccc(COc2cc(F)cc(F)c2)nc1.C[C@H](NC(=O)c1ccc(COc2cc(F)cc(F)c2)nc1)C1CCCCC1.O=C(NC1(c2ccccc2)CCC1)c1ccc(COc2cc(F)cc(F)c2)nc1.O=C(NC1CCCCC1)c1ccc(COc2cc(F)cc(F)c2)nc1.O=C(Nc1nccs1)c1ccc(COc2cc(F)cc(F)c2)nc1.O=C(Nc1nccs1)c1ccc(COc2cccc(F)c2)nc1. The highest BCUT2D eigenvalue weighted by atomic mass is 32.1. The summed E-state index contributed by atoms with van der Waals surface area (Å²) >= 11 is 2.65. The molecule has 15 aromatic rings. The lowest BCUT2D eigenvalue weighted by Gasteiger charge is -2.43. The number of nitrogens with one attached hydrogen (secondary N) is 6. The molecule has 3 saturated carbocycles. The topological polar surface area (TPSA) is 333 Å². The fourth-order valence-corrected chi connectivity index (χ4v) is 16.3. The monoisotopic (exact) mass is 2100 g/mol. The van der Waals surface area contributed by atoms with Gasteiger partial charge >= 0.3 is 0 Å². The Morgan fingerprint density at radius 3 is 0.920 bits per heavy atom. The zero-order valence-electron chi connectivity index (χ0n) is 81.3. The molecule has 3 fully saturated rings. The van der Waals surface area contributed by atoms with Crippen LogP contribution in [0.25, 0.3) is 0 Å². The van der Waals surface area contributed by atoms with Crippen molar-refractivity contribution in [2.45, 2.75) is 168 Å². The molecule has 7 aromatic carbocycles. The van der Waals surface area contributed by atoms with Crippen LogP contribution in [0.5, 0.6) is 34.5 Å². The van der Waals surface area contributed by atoms with E-state index in [9.17, 15) is 77.1 Å². The summed E-state index contributed by atoms with van der Waals surface area (Å²) in [5.41, 5.74) is 6.84. The molecule has 0 radical (unpaired) electrons. The molecule has 0 bridgehead atoms. The number of halogens is 11. The number of pyridine rings is 6. The van der Waals surface area contributed by atoms with E-state index in [0.29, 0.717) is 89.5 Å². The van der Waals surface area contributed by atoms with Gasteiger partial charge in [-0.3, -0.25) is 69.3 Å². The smallest absolute Gasteiger partial charge is 0.259 e. The highest BCUT2D eigenvalue weighted by molar-refractivity contribution is 7.14. The van der Waals surface area contributed by atoms with E-state index in [0.717, 1.165) is 154 Å². The van der Waals surface area contributed by atoms with E-state index in [1.165, 1.54) is 97.7 Å². The maximum Gasteiger partial charge on any atom is 0.259 e. The van der Waals surface area contributed by atoms with E-state index in [4.69, 9.17) is 28.4 Å². The molecule has 778 valence electrons. The number of aromatic nitrogens is 8. The van der Waals surface area contributed by atoms with Gasteiger partial charge in [0.2, 0.25) is 0 Å². The number of carbonyl (C=O) groups is 6. The van der Waals surface area contributed by atoms with Crippen LogP contribution in [0.4, 0.5) is 58.6 Å². The van der Waals surface area contributed by atoms with Gasteiger partial charge in [-0.25, -0.2) is 58.3 Å². The lowest BCUT2D eigenvalue weighted by Crippen LogP contribution is -2.50. The predicted molar refractivity (Wildman–Crippen MR) is 540 cm³/mol. The zero-order chi connectivity index (χ0) is 106. The molecular formula is C111H103F11N14O12S2. The van der Waals surface area contributed by atoms with E-state index >= 15 is 0 Å². The van der Waals surface area contributed by atoms with Crippen molar-refractivity contribution in [2.75, 3.05) is 10.6 Å². The first-order valence-electron chi connectivity index (χ1n) is 47.6. The normalized spacial score (nSPS) is 13.0. The van der Waals surface area contributed by atoms with Crippen LogP contribution in [0.3, 0.4) is 0 Å². The molecule has 0 saturated heterocycles. The maximum absolute atomic E-state index is 13.2. The van der Waals surface area contributed by atoms with Crippen LogP contribution < -0.4 is 60.3 Å². The highest BCUT2D eigenvalue weighted by Gasteiger charge is 2.40. The molecule has 1 atom stereocenters. The Balaban J connectivity index is 0.000000150. The minimum Gasteiger partial charge on any atom is -0.487 e. The molecule has 0 spiro atoms. The summed E-state index contributed by atoms with van der Waals surface area (Å²) in [5, 5.41) is 21.9. The standard InChI is InChI=1S/C23H20F2N2O2.C21H24F2N2O2.C19H20F2N2O2.C16H11F2N3O2S.C16H16F2N2O2.C16H12FN3O2S/c24-18-11-19(25)13-21(12-18)29-15-20-8-7-16(14-26-20)22(28)27-23(9-4-10-23)17-5-2-1-3-6-17;1-14(15-5-3-2-4-6-15)25-21(26)16-7-8-19(24-12-16)13-27-20-10-17(22)9-18(23)11-20;20-14-8-15(21)10-18(9-14)25-12-17-7-6-13(11-22-17)19(24)23-16-4-2-1-3-5-16;17-11-5-12(18)7-14(6-11)23-9-13-2-1-10(8-20-13)15(22)21-16-19-3-4-24-16;1-10(2)20-16(21)11-3-4-14(19-8-11)9-22-15-6-12(17)5-13(18)7-15;17-12-2-1-3-14(8-12)22-10-13-5-4-11(9-19-13)15(21)20-16-18-6-7-23-16/h1-3,5-8,11-14H,4,9-10,15H2,(H,27,28);7-12,14-15H,2-6,13H2,1H3,(H,25,26);6-11,16H,1-5,12H2,(H,23,24);1-8H,9H2,(H,19,21,22);3-8,10H,9H2,1-2H3,(H,20,21);1-9H,10H2,(H,18,20,21)/t;14-;;;;/m.0..../s1. The molecular weight excluding hydrogens is 1990 g/mol. The molecule has 18 rings (SSSR count). The van der Waals surface area contributed by atoms with Gasteiger partial charge in [0.25, 0.3) is 35.4 Å². The van der Waals surface area contributed by atoms with Gasteiger partial charge in [-0.2, -0.15) is 0 Å². The van der Waals surface area contributed by atoms with Gasteiger partial charge in [0.05, 0.1) is 73.1 Å². The van der Waals surface area contributed by atoms with Gasteiger partial charge in [-0.1, -0.05) is 74.9 Å². The van der Waals surface area contributed by atoms with Crippen LogP contribution in [-0.2, 0) is 45.2 Å². The van der Waals surface area contributed by atoms with Crippen molar-refractivity contribution in [1.29, 1.82) is 0 Å². The molecule has 3 aliphatic rings. The summed E-state index contributed by atoms with van der Waals surface area (Å²) in [6.07, 6.45) is 26.5. The minimum atomic E-state index is -0.716. The van der Waals surface area contributed by atoms with Crippen molar-refractivity contribution in [3.05, 3.63) is 416 Å². The van der Waals surface area contributed by atoms with Gasteiger partial charge in [-0.05, 0) is 162 Å². The number of amides is 6. The number of anilines is 2. The van der Waals surface area contributed by atoms with Crippen LogP contribution in [-0.4, -0.2) is 93.4 Å². The number of hydrogen-bond acceptors (Lipinski definition) is 22. The summed E-state index contributed by atoms with van der Waals surface area (Å²) in [6, 6.07) is 51.0. The van der Waals surface area contributed by atoms with Crippen molar-refractivity contribution < 1.29 is 105 Å². The second-order valence-electron chi connectivity index (χ2n) is 34.9. The van der Waals surface area contributed by atoms with Gasteiger partial charge in [0, 0.05) is 176 Å². The Hall–Kier alpha value is -16.5. The summed E-state index contributed by atoms with van der Waals surface area (Å²) in [4.78, 5) is 106. The second-order valence-corrected chi connectivity index (χ2v) is 36.7. The second kappa shape index (κ2) is 55.9. The van der Waals surface area contributed by atoms with Crippen LogP contribution >= 0.6 is 22.7 Å². The lowest BCUT2D eigenvalue weighted by molar-refractivity contribution is 0.0820. The third kappa shape index (κ3) is 36.3. The Morgan fingerprint density at radius 2 is 0.620 bits per heavy atom. The predicted octanol–water partition coefficient (Wildman–Crippen LogP) is 23.6. The molecule has 150 heavy (non-hydrogen) atoms. The molecule has 6 N–H and O–H groups in total. The average Bonchev–Trinajstić information content (AvgIpc) is 0.935. The van der Waals surface area contributed by atoms with E-state index < -0.39 is 58.2 Å². The number of benzene rings is 7. The summed E-state index contributed by atoms with van der Waals surface area (Å²) < 4.78 is 176. The third-order valence-electron chi connectivity index (χ3n) is 23.1. The zero-order valence-corrected chi connectivity index (χ0v) is 82.9. The number of ether oxygens (including phenoxy) is 6. The van der Waals surface area contributed by atoms with E-state index in [1.54, 1.807) is 108 Å². The number of nitrogens with zero attached hydrogens (tertiary/aromatic N) is 8. The molecule has 0 unspecified atom stereocenters. The molecule has 3 aliphatic carbocycles. The summed E-state index contributed by atoms with van der Waals surface area (Å²) in [5.74, 6) is -7.25.